The number of hydrogen-bond donors (Lipinski definition) is 4. The summed E-state index contributed by atoms with van der Waals surface area (Å²) in [4.78, 5) is 0. The van der Waals surface area contributed by atoms with Crippen LogP contribution >= 0.6 is 0 Å². The van der Waals surface area contributed by atoms with Gasteiger partial charge in [0.2, 0.25) is 0 Å². The summed E-state index contributed by atoms with van der Waals surface area (Å²) < 4.78 is 5.42. The van der Waals surface area contributed by atoms with Crippen molar-refractivity contribution in [1.82, 2.24) is 10.9 Å². The quantitative estimate of drug-likeness (QED) is 0.0729. The number of allylic oxidation sites excluding steroid dienone is 3. The van der Waals surface area contributed by atoms with Crippen molar-refractivity contribution in [2.75, 3.05) is 27.4 Å². The van der Waals surface area contributed by atoms with Crippen LogP contribution in [0.25, 0.3) is 0 Å². The van der Waals surface area contributed by atoms with Gasteiger partial charge in [0.1, 0.15) is 6.73 Å². The van der Waals surface area contributed by atoms with Gasteiger partial charge in [-0.1, -0.05) is 99.5 Å². The van der Waals surface area contributed by atoms with Crippen LogP contribution in [0.3, 0.4) is 0 Å². The van der Waals surface area contributed by atoms with Gasteiger partial charge in [-0.05, 0) is 119 Å². The highest BCUT2D eigenvalue weighted by Crippen LogP contribution is 2.66. The second-order valence-electron chi connectivity index (χ2n) is 14.5. The Morgan fingerprint density at radius 2 is 1.79 bits per heavy atom. The molecule has 0 aliphatic heterocycles. The molecule has 0 spiro atoms. The van der Waals surface area contributed by atoms with Crippen molar-refractivity contribution in [2.45, 2.75) is 140 Å². The lowest BCUT2D eigenvalue weighted by atomic mass is 9.47. The number of hydrazine groups is 1. The Bertz CT molecular complexity index is 808. The van der Waals surface area contributed by atoms with Gasteiger partial charge in [-0.3, -0.25) is 5.43 Å². The van der Waals surface area contributed by atoms with E-state index in [4.69, 9.17) is 10.1 Å². The van der Waals surface area contributed by atoms with Crippen LogP contribution in [0.4, 0.5) is 0 Å². The summed E-state index contributed by atoms with van der Waals surface area (Å²) in [6.45, 7) is 28.1. The third-order valence-corrected chi connectivity index (χ3v) is 11.3. The van der Waals surface area contributed by atoms with E-state index in [1.165, 1.54) is 71.3 Å². The zero-order chi connectivity index (χ0) is 33.3. The first-order valence-electron chi connectivity index (χ1n) is 17.8. The van der Waals surface area contributed by atoms with Crippen molar-refractivity contribution in [3.63, 3.8) is 0 Å². The molecule has 0 aromatic carbocycles. The van der Waals surface area contributed by atoms with Crippen LogP contribution in [0.2, 0.25) is 0 Å². The summed E-state index contributed by atoms with van der Waals surface area (Å²) in [6, 6.07) is 0. The Morgan fingerprint density at radius 1 is 1.14 bits per heavy atom. The summed E-state index contributed by atoms with van der Waals surface area (Å²) in [5.41, 5.74) is 14.1. The maximum Gasteiger partial charge on any atom is 0.109 e. The highest BCUT2D eigenvalue weighted by Gasteiger charge is 2.58. The van der Waals surface area contributed by atoms with Gasteiger partial charge >= 0.3 is 0 Å². The van der Waals surface area contributed by atoms with E-state index >= 15 is 0 Å². The average Bonchev–Trinajstić information content (AvgIpc) is 3.34. The van der Waals surface area contributed by atoms with Crippen molar-refractivity contribution in [3.8, 4) is 0 Å². The van der Waals surface area contributed by atoms with Gasteiger partial charge in [-0.25, -0.2) is 5.43 Å². The number of rotatable bonds is 13. The van der Waals surface area contributed by atoms with Gasteiger partial charge in [-0.2, -0.15) is 0 Å². The van der Waals surface area contributed by atoms with Crippen molar-refractivity contribution in [3.05, 3.63) is 24.3 Å². The van der Waals surface area contributed by atoms with E-state index in [-0.39, 0.29) is 0 Å². The monoisotopic (exact) mass is 605 g/mol. The molecule has 5 heteroatoms. The molecule has 0 amide bonds. The number of fused-ring (bicyclic) bond motifs is 3. The fourth-order valence-corrected chi connectivity index (χ4v) is 8.99. The molecule has 0 bridgehead atoms. The number of hydrogen-bond acceptors (Lipinski definition) is 5. The summed E-state index contributed by atoms with van der Waals surface area (Å²) in [5.74, 6) is 3.87. The van der Waals surface area contributed by atoms with Crippen molar-refractivity contribution < 1.29 is 4.74 Å². The molecular weight excluding hydrogens is 528 g/mol. The highest BCUT2D eigenvalue weighted by atomic mass is 16.5. The normalized spacial score (nSPS) is 31.1. The first-order chi connectivity index (χ1) is 20.4. The first kappa shape index (κ1) is 42.0. The van der Waals surface area contributed by atoms with Gasteiger partial charge < -0.3 is 15.9 Å². The Labute approximate surface area is 269 Å². The predicted molar refractivity (Wildman–Crippen MR) is 191 cm³/mol. The molecule has 0 aromatic rings. The highest BCUT2D eigenvalue weighted by molar-refractivity contribution is 5.82. The van der Waals surface area contributed by atoms with Crippen LogP contribution < -0.4 is 16.6 Å². The Morgan fingerprint density at radius 3 is 2.33 bits per heavy atom. The lowest BCUT2D eigenvalue weighted by Gasteiger charge is -2.57. The molecular formula is C38H76N4O. The molecule has 0 heterocycles. The lowest BCUT2D eigenvalue weighted by Crippen LogP contribution is -2.50. The average molecular weight is 605 g/mol. The molecule has 5 N–H and O–H groups in total. The maximum absolute atomic E-state index is 8.28. The number of nitrogens with two attached hydrogens (primary N) is 1. The second-order valence-corrected chi connectivity index (χ2v) is 14.5. The van der Waals surface area contributed by atoms with Gasteiger partial charge in [0, 0.05) is 18.2 Å². The fraction of sp³-hybridized carbons (Fsp3) is 0.868. The molecule has 0 radical (unpaired) electrons. The van der Waals surface area contributed by atoms with Crippen LogP contribution in [0.15, 0.2) is 24.3 Å². The molecule has 0 saturated heterocycles. The first-order valence-corrected chi connectivity index (χ1v) is 17.8. The summed E-state index contributed by atoms with van der Waals surface area (Å²) in [6.07, 6.45) is 18.6. The van der Waals surface area contributed by atoms with Gasteiger partial charge in [0.25, 0.3) is 0 Å². The van der Waals surface area contributed by atoms with Crippen molar-refractivity contribution >= 4 is 5.71 Å². The summed E-state index contributed by atoms with van der Waals surface area (Å²) >= 11 is 0. The Kier molecular flexibility index (Phi) is 20.4. The molecule has 254 valence electrons. The van der Waals surface area contributed by atoms with E-state index in [1.807, 2.05) is 27.0 Å². The molecule has 0 aromatic heterocycles. The van der Waals surface area contributed by atoms with Crippen LogP contribution in [0.1, 0.15) is 140 Å². The van der Waals surface area contributed by atoms with Crippen LogP contribution in [0.5, 0.6) is 0 Å². The topological polar surface area (TPSA) is 83.2 Å². The van der Waals surface area contributed by atoms with E-state index in [1.54, 1.807) is 5.57 Å². The summed E-state index contributed by atoms with van der Waals surface area (Å²) in [5, 5.41) is 8.28. The minimum Gasteiger partial charge on any atom is -0.365 e. The molecule has 7 atom stereocenters. The molecule has 3 fully saturated rings. The van der Waals surface area contributed by atoms with E-state index in [9.17, 15) is 0 Å². The molecule has 3 aliphatic rings. The Balaban J connectivity index is 0.000000805. The van der Waals surface area contributed by atoms with Crippen LogP contribution in [0, 0.1) is 51.2 Å². The van der Waals surface area contributed by atoms with Crippen LogP contribution in [-0.2, 0) is 4.74 Å². The minimum absolute atomic E-state index is 0.380. The van der Waals surface area contributed by atoms with Gasteiger partial charge in [0.05, 0.1) is 0 Å². The van der Waals surface area contributed by atoms with Crippen molar-refractivity contribution in [2.24, 2.45) is 51.6 Å². The number of nitrogens with one attached hydrogen (secondary N) is 3. The van der Waals surface area contributed by atoms with E-state index in [2.05, 4.69) is 84.6 Å². The third kappa shape index (κ3) is 11.7. The minimum atomic E-state index is 0.380. The largest absolute Gasteiger partial charge is 0.365 e. The molecule has 3 aliphatic carbocycles. The zero-order valence-electron chi connectivity index (χ0n) is 30.9. The second kappa shape index (κ2) is 20.9. The zero-order valence-corrected chi connectivity index (χ0v) is 30.9. The van der Waals surface area contributed by atoms with Gasteiger partial charge in [0.15, 0.2) is 0 Å². The van der Waals surface area contributed by atoms with E-state index < -0.39 is 0 Å². The van der Waals surface area contributed by atoms with Gasteiger partial charge in [-0.15, -0.1) is 0 Å². The molecule has 5 nitrogen and oxygen atoms in total. The predicted octanol–water partition coefficient (Wildman–Crippen LogP) is 9.94. The SMILES string of the molecule is C=C/C=C1/CCC2C(CCC3(C)C(C(C)=N)CCC23)C1(C)CCC.CC.CCC(C)(C)CC(C)CCOCNNC.CN. The third-order valence-electron chi connectivity index (χ3n) is 11.3. The smallest absolute Gasteiger partial charge is 0.109 e. The van der Waals surface area contributed by atoms with E-state index in [0.29, 0.717) is 28.9 Å². The summed E-state index contributed by atoms with van der Waals surface area (Å²) in [7, 11) is 3.34. The molecule has 43 heavy (non-hydrogen) atoms. The van der Waals surface area contributed by atoms with E-state index in [0.717, 1.165) is 42.4 Å². The molecule has 3 saturated carbocycles. The lowest BCUT2D eigenvalue weighted by molar-refractivity contribution is -0.0408. The Hall–Kier alpha value is -1.01. The number of ether oxygens (including phenoxy) is 1. The van der Waals surface area contributed by atoms with Crippen molar-refractivity contribution in [1.29, 1.82) is 5.41 Å². The maximum atomic E-state index is 8.28. The molecule has 7 unspecified atom stereocenters. The molecule has 3 rings (SSSR count). The fourth-order valence-electron chi connectivity index (χ4n) is 8.99. The van der Waals surface area contributed by atoms with Crippen LogP contribution in [-0.4, -0.2) is 33.1 Å². The standard InChI is InChI=1S/C23H37N.C12H28N2O.C2H6.CH5N/c1-6-8-17-9-10-18-20-12-11-19(16(3)24)23(20,5)15-13-21(18)22(17,4)14-7-2;1-6-12(3,4)9-11(2)7-8-15-10-14-13-5;2*1-2/h6,8,18-21,24H,1,7,9-15H2,2-5H3;11,13-14H,6-10H2,1-5H3;1-2H3;2H2,1H3/b17-8-,24-16?;;;.